The maximum atomic E-state index is 13.3. The Bertz CT molecular complexity index is 1170. The molecule has 0 saturated carbocycles. The predicted octanol–water partition coefficient (Wildman–Crippen LogP) is 4.64. The number of thioether (sulfide) groups is 1. The third-order valence-corrected chi connectivity index (χ3v) is 6.88. The van der Waals surface area contributed by atoms with Crippen molar-refractivity contribution in [2.45, 2.75) is 40.3 Å². The Morgan fingerprint density at radius 1 is 1.15 bits per heavy atom. The minimum atomic E-state index is -0.531. The van der Waals surface area contributed by atoms with E-state index in [9.17, 15) is 9.59 Å². The molecule has 1 aliphatic heterocycles. The van der Waals surface area contributed by atoms with Crippen molar-refractivity contribution in [1.82, 2.24) is 10.1 Å². The lowest BCUT2D eigenvalue weighted by molar-refractivity contribution is -0.119. The van der Waals surface area contributed by atoms with E-state index in [0.29, 0.717) is 35.3 Å². The van der Waals surface area contributed by atoms with Crippen LogP contribution in [0.5, 0.6) is 5.75 Å². The van der Waals surface area contributed by atoms with Crippen LogP contribution >= 0.6 is 11.8 Å². The fraction of sp³-hybridized carbons (Fsp3) is 0.320. The first-order chi connectivity index (χ1) is 15.8. The van der Waals surface area contributed by atoms with Crippen LogP contribution in [0.1, 0.15) is 38.5 Å². The van der Waals surface area contributed by atoms with E-state index in [2.05, 4.69) is 10.5 Å². The molecule has 7 nitrogen and oxygen atoms in total. The Balaban J connectivity index is 1.44. The molecule has 1 aromatic heterocycles. The molecule has 1 aliphatic rings. The number of carbonyl (C=O) groups excluding carboxylic acids is 2. The van der Waals surface area contributed by atoms with Crippen molar-refractivity contribution in [2.24, 2.45) is 0 Å². The van der Waals surface area contributed by atoms with E-state index < -0.39 is 6.04 Å². The van der Waals surface area contributed by atoms with Crippen LogP contribution in [0.3, 0.4) is 0 Å². The number of carbonyl (C=O) groups is 2. The maximum Gasteiger partial charge on any atom is 0.255 e. The second-order valence-electron chi connectivity index (χ2n) is 8.20. The summed E-state index contributed by atoms with van der Waals surface area (Å²) < 4.78 is 11.1. The molecule has 0 bridgehead atoms. The smallest absolute Gasteiger partial charge is 0.255 e. The van der Waals surface area contributed by atoms with Crippen LogP contribution in [0, 0.1) is 27.7 Å². The van der Waals surface area contributed by atoms with Gasteiger partial charge in [-0.1, -0.05) is 17.3 Å². The third kappa shape index (κ3) is 5.06. The number of nitrogens with one attached hydrogen (secondary N) is 1. The SMILES string of the molecule is Cc1ccc(NC(=O)C2CSCN2C(=O)c2cccc(OCc3c(C)noc3C)c2)cc1C. The van der Waals surface area contributed by atoms with Gasteiger partial charge in [0.15, 0.2) is 0 Å². The molecule has 4 rings (SSSR count). The summed E-state index contributed by atoms with van der Waals surface area (Å²) >= 11 is 1.57. The van der Waals surface area contributed by atoms with Crippen molar-refractivity contribution >= 4 is 29.3 Å². The molecule has 172 valence electrons. The highest BCUT2D eigenvalue weighted by Crippen LogP contribution is 2.26. The second-order valence-corrected chi connectivity index (χ2v) is 9.20. The van der Waals surface area contributed by atoms with Crippen molar-refractivity contribution in [2.75, 3.05) is 16.9 Å². The maximum absolute atomic E-state index is 13.3. The summed E-state index contributed by atoms with van der Waals surface area (Å²) in [5.74, 6) is 1.94. The predicted molar refractivity (Wildman–Crippen MR) is 129 cm³/mol. The van der Waals surface area contributed by atoms with Gasteiger partial charge in [-0.25, -0.2) is 0 Å². The minimum absolute atomic E-state index is 0.178. The lowest BCUT2D eigenvalue weighted by Gasteiger charge is -2.23. The standard InChI is InChI=1S/C25H27N3O4S/c1-15-8-9-20(10-16(15)2)26-24(29)23-13-33-14-28(23)25(30)19-6-5-7-21(11-19)31-12-22-17(3)27-32-18(22)4/h5-11,23H,12-14H2,1-4H3,(H,26,29). The van der Waals surface area contributed by atoms with Gasteiger partial charge >= 0.3 is 0 Å². The number of nitrogens with zero attached hydrogens (tertiary/aromatic N) is 2. The van der Waals surface area contributed by atoms with Crippen LogP contribution < -0.4 is 10.1 Å². The molecule has 1 fully saturated rings. The number of benzene rings is 2. The number of aromatic nitrogens is 1. The molecule has 1 N–H and O–H groups in total. The minimum Gasteiger partial charge on any atom is -0.489 e. The molecule has 0 spiro atoms. The van der Waals surface area contributed by atoms with E-state index >= 15 is 0 Å². The van der Waals surface area contributed by atoms with E-state index in [4.69, 9.17) is 9.26 Å². The number of ether oxygens (including phenoxy) is 1. The van der Waals surface area contributed by atoms with E-state index in [1.54, 1.807) is 40.9 Å². The molecule has 1 atom stereocenters. The zero-order valence-electron chi connectivity index (χ0n) is 19.2. The topological polar surface area (TPSA) is 84.7 Å². The van der Waals surface area contributed by atoms with E-state index in [1.807, 2.05) is 45.9 Å². The van der Waals surface area contributed by atoms with Crippen LogP contribution in [0.15, 0.2) is 47.0 Å². The number of hydrogen-bond donors (Lipinski definition) is 1. The fourth-order valence-corrected chi connectivity index (χ4v) is 4.81. The quantitative estimate of drug-likeness (QED) is 0.571. The van der Waals surface area contributed by atoms with Crippen molar-refractivity contribution in [3.63, 3.8) is 0 Å². The highest BCUT2D eigenvalue weighted by atomic mass is 32.2. The Morgan fingerprint density at radius 2 is 1.97 bits per heavy atom. The highest BCUT2D eigenvalue weighted by molar-refractivity contribution is 7.99. The molecule has 2 heterocycles. The van der Waals surface area contributed by atoms with Crippen molar-refractivity contribution in [1.29, 1.82) is 0 Å². The summed E-state index contributed by atoms with van der Waals surface area (Å²) in [7, 11) is 0. The summed E-state index contributed by atoms with van der Waals surface area (Å²) in [6.07, 6.45) is 0. The monoisotopic (exact) mass is 465 g/mol. The summed E-state index contributed by atoms with van der Waals surface area (Å²) in [4.78, 5) is 27.8. The Labute approximate surface area is 197 Å². The van der Waals surface area contributed by atoms with E-state index in [1.165, 1.54) is 0 Å². The first-order valence-electron chi connectivity index (χ1n) is 10.7. The third-order valence-electron chi connectivity index (χ3n) is 5.87. The van der Waals surface area contributed by atoms with Gasteiger partial charge in [0, 0.05) is 17.0 Å². The van der Waals surface area contributed by atoms with Crippen LogP contribution in [0.4, 0.5) is 5.69 Å². The van der Waals surface area contributed by atoms with Crippen molar-refractivity contribution < 1.29 is 18.8 Å². The lowest BCUT2D eigenvalue weighted by atomic mass is 10.1. The molecular weight excluding hydrogens is 438 g/mol. The van der Waals surface area contributed by atoms with Crippen LogP contribution in [-0.2, 0) is 11.4 Å². The molecule has 0 aliphatic carbocycles. The van der Waals surface area contributed by atoms with Gasteiger partial charge in [-0.2, -0.15) is 0 Å². The Hall–Kier alpha value is -3.26. The van der Waals surface area contributed by atoms with Crippen molar-refractivity contribution in [3.05, 3.63) is 76.2 Å². The number of rotatable bonds is 6. The van der Waals surface area contributed by atoms with Gasteiger partial charge in [0.05, 0.1) is 17.1 Å². The zero-order chi connectivity index (χ0) is 23.5. The first kappa shape index (κ1) is 22.9. The van der Waals surface area contributed by atoms with Gasteiger partial charge in [-0.3, -0.25) is 9.59 Å². The van der Waals surface area contributed by atoms with Gasteiger partial charge in [0.2, 0.25) is 5.91 Å². The number of aryl methyl sites for hydroxylation is 4. The first-order valence-corrected chi connectivity index (χ1v) is 11.9. The zero-order valence-corrected chi connectivity index (χ0v) is 20.0. The van der Waals surface area contributed by atoms with Crippen molar-refractivity contribution in [3.8, 4) is 5.75 Å². The molecule has 33 heavy (non-hydrogen) atoms. The fourth-order valence-electron chi connectivity index (χ4n) is 3.65. The molecule has 3 aromatic rings. The highest BCUT2D eigenvalue weighted by Gasteiger charge is 2.35. The van der Waals surface area contributed by atoms with Crippen LogP contribution in [0.25, 0.3) is 0 Å². The van der Waals surface area contributed by atoms with Gasteiger partial charge in [0.25, 0.3) is 5.91 Å². The molecule has 1 unspecified atom stereocenters. The number of hydrogen-bond acceptors (Lipinski definition) is 6. The molecule has 0 radical (unpaired) electrons. The summed E-state index contributed by atoms with van der Waals surface area (Å²) in [6.45, 7) is 8.05. The van der Waals surface area contributed by atoms with Gasteiger partial charge < -0.3 is 19.5 Å². The molecule has 1 saturated heterocycles. The van der Waals surface area contributed by atoms with Crippen LogP contribution in [0.2, 0.25) is 0 Å². The second kappa shape index (κ2) is 9.70. The summed E-state index contributed by atoms with van der Waals surface area (Å²) in [6, 6.07) is 12.3. The largest absolute Gasteiger partial charge is 0.489 e. The van der Waals surface area contributed by atoms with E-state index in [-0.39, 0.29) is 11.8 Å². The lowest BCUT2D eigenvalue weighted by Crippen LogP contribution is -2.44. The van der Waals surface area contributed by atoms with Crippen LogP contribution in [-0.4, -0.2) is 39.5 Å². The number of amides is 2. The average Bonchev–Trinajstić information content (AvgIpc) is 3.41. The number of anilines is 1. The summed E-state index contributed by atoms with van der Waals surface area (Å²) in [5, 5.41) is 6.89. The summed E-state index contributed by atoms with van der Waals surface area (Å²) in [5.41, 5.74) is 5.17. The molecule has 2 amide bonds. The van der Waals surface area contributed by atoms with E-state index in [0.717, 1.165) is 28.1 Å². The Morgan fingerprint density at radius 3 is 2.70 bits per heavy atom. The Kier molecular flexibility index (Phi) is 6.74. The van der Waals surface area contributed by atoms with Gasteiger partial charge in [-0.15, -0.1) is 11.8 Å². The average molecular weight is 466 g/mol. The normalized spacial score (nSPS) is 15.5. The molecular formula is C25H27N3O4S. The van der Waals surface area contributed by atoms with Gasteiger partial charge in [0.1, 0.15) is 24.2 Å². The molecule has 8 heteroatoms. The van der Waals surface area contributed by atoms with Gasteiger partial charge in [-0.05, 0) is 69.2 Å². The molecule has 2 aromatic carbocycles.